The normalized spacial score (nSPS) is 14.1. The van der Waals surface area contributed by atoms with Gasteiger partial charge in [0.15, 0.2) is 5.16 Å². The number of carbonyl (C=O) groups is 1. The first-order chi connectivity index (χ1) is 15.1. The van der Waals surface area contributed by atoms with Gasteiger partial charge in [-0.15, -0.1) is 5.10 Å². The van der Waals surface area contributed by atoms with E-state index in [4.69, 9.17) is 0 Å². The molecule has 1 aliphatic rings. The molecule has 3 aromatic rings. The molecule has 0 radical (unpaired) electrons. The highest BCUT2D eigenvalue weighted by atomic mass is 32.2. The van der Waals surface area contributed by atoms with E-state index in [0.717, 1.165) is 5.56 Å². The fourth-order valence-electron chi connectivity index (χ4n) is 3.62. The molecule has 2 heterocycles. The van der Waals surface area contributed by atoms with E-state index in [0.29, 0.717) is 50.0 Å². The standard InChI is InChI=1S/C22H24FN5O2S/c23-18-8-4-5-9-19(18)26-12-14-27(15-13-26)20(29)16-31-22-25-24-21(30)28(22)11-10-17-6-2-1-3-7-17/h1-9H,10-16H2,(H,24,30). The first kappa shape index (κ1) is 21.2. The zero-order valence-electron chi connectivity index (χ0n) is 17.0. The second-order valence-electron chi connectivity index (χ2n) is 7.31. The maximum absolute atomic E-state index is 14.0. The van der Waals surface area contributed by atoms with E-state index in [1.807, 2.05) is 41.3 Å². The lowest BCUT2D eigenvalue weighted by atomic mass is 10.1. The predicted molar refractivity (Wildman–Crippen MR) is 119 cm³/mol. The number of carbonyl (C=O) groups excluding carboxylic acids is 1. The van der Waals surface area contributed by atoms with E-state index in [9.17, 15) is 14.0 Å². The maximum Gasteiger partial charge on any atom is 0.343 e. The third-order valence-electron chi connectivity index (χ3n) is 5.34. The minimum Gasteiger partial charge on any atom is -0.366 e. The minimum atomic E-state index is -0.274. The molecular formula is C22H24FN5O2S. The molecular weight excluding hydrogens is 417 g/mol. The molecule has 0 saturated carbocycles. The first-order valence-electron chi connectivity index (χ1n) is 10.2. The van der Waals surface area contributed by atoms with Crippen molar-refractivity contribution in [2.45, 2.75) is 18.1 Å². The fraction of sp³-hybridized carbons (Fsp3) is 0.318. The zero-order chi connectivity index (χ0) is 21.6. The number of hydrogen-bond donors (Lipinski definition) is 1. The Kier molecular flexibility index (Phi) is 6.71. The van der Waals surface area contributed by atoms with Gasteiger partial charge in [0, 0.05) is 32.7 Å². The molecule has 31 heavy (non-hydrogen) atoms. The predicted octanol–water partition coefficient (Wildman–Crippen LogP) is 2.39. The number of thioether (sulfide) groups is 1. The molecule has 4 rings (SSSR count). The van der Waals surface area contributed by atoms with Gasteiger partial charge in [-0.1, -0.05) is 54.2 Å². The lowest BCUT2D eigenvalue weighted by Crippen LogP contribution is -2.49. The summed E-state index contributed by atoms with van der Waals surface area (Å²) in [6.07, 6.45) is 0.708. The van der Waals surface area contributed by atoms with Crippen LogP contribution < -0.4 is 10.6 Å². The second kappa shape index (κ2) is 9.82. The third-order valence-corrected chi connectivity index (χ3v) is 6.30. The van der Waals surface area contributed by atoms with Crippen molar-refractivity contribution in [3.8, 4) is 0 Å². The third kappa shape index (κ3) is 5.16. The summed E-state index contributed by atoms with van der Waals surface area (Å²) in [5.74, 6) is -0.0527. The lowest BCUT2D eigenvalue weighted by molar-refractivity contribution is -0.128. The van der Waals surface area contributed by atoms with Crippen molar-refractivity contribution in [1.82, 2.24) is 19.7 Å². The molecule has 1 saturated heterocycles. The van der Waals surface area contributed by atoms with Crippen LogP contribution in [0.5, 0.6) is 0 Å². The van der Waals surface area contributed by atoms with Gasteiger partial charge in [-0.3, -0.25) is 9.36 Å². The van der Waals surface area contributed by atoms with Crippen LogP contribution in [0.1, 0.15) is 5.56 Å². The molecule has 1 N–H and O–H groups in total. The van der Waals surface area contributed by atoms with E-state index < -0.39 is 0 Å². The topological polar surface area (TPSA) is 74.2 Å². The van der Waals surface area contributed by atoms with Crippen molar-refractivity contribution < 1.29 is 9.18 Å². The summed E-state index contributed by atoms with van der Waals surface area (Å²) in [5, 5.41) is 7.06. The molecule has 162 valence electrons. The van der Waals surface area contributed by atoms with E-state index in [1.165, 1.54) is 17.8 Å². The van der Waals surface area contributed by atoms with Crippen molar-refractivity contribution in [2.75, 3.05) is 36.8 Å². The minimum absolute atomic E-state index is 0.0109. The molecule has 1 aliphatic heterocycles. The number of aromatic nitrogens is 3. The Labute approximate surface area is 183 Å². The summed E-state index contributed by atoms with van der Waals surface area (Å²) in [4.78, 5) is 28.5. The van der Waals surface area contributed by atoms with Gasteiger partial charge in [-0.05, 0) is 24.1 Å². The van der Waals surface area contributed by atoms with Gasteiger partial charge in [0.2, 0.25) is 5.91 Å². The Hall–Kier alpha value is -3.07. The monoisotopic (exact) mass is 441 g/mol. The summed E-state index contributed by atoms with van der Waals surface area (Å²) in [6, 6.07) is 16.6. The van der Waals surface area contributed by atoms with Crippen molar-refractivity contribution in [1.29, 1.82) is 0 Å². The van der Waals surface area contributed by atoms with Crippen molar-refractivity contribution >= 4 is 23.4 Å². The summed E-state index contributed by atoms with van der Waals surface area (Å²) < 4.78 is 15.6. The van der Waals surface area contributed by atoms with Crippen LogP contribution in [0.15, 0.2) is 64.5 Å². The number of para-hydroxylation sites is 1. The Morgan fingerprint density at radius 3 is 2.48 bits per heavy atom. The largest absolute Gasteiger partial charge is 0.366 e. The number of nitrogens with zero attached hydrogens (tertiary/aromatic N) is 4. The molecule has 1 amide bonds. The number of aryl methyl sites for hydroxylation is 1. The molecule has 7 nitrogen and oxygen atoms in total. The number of benzene rings is 2. The summed E-state index contributed by atoms with van der Waals surface area (Å²) >= 11 is 1.26. The summed E-state index contributed by atoms with van der Waals surface area (Å²) in [6.45, 7) is 2.74. The molecule has 0 aliphatic carbocycles. The van der Waals surface area contributed by atoms with Gasteiger partial charge in [0.25, 0.3) is 0 Å². The smallest absolute Gasteiger partial charge is 0.343 e. The Balaban J connectivity index is 1.30. The quantitative estimate of drug-likeness (QED) is 0.570. The van der Waals surface area contributed by atoms with E-state index >= 15 is 0 Å². The highest BCUT2D eigenvalue weighted by Crippen LogP contribution is 2.21. The molecule has 1 fully saturated rings. The van der Waals surface area contributed by atoms with Gasteiger partial charge >= 0.3 is 5.69 Å². The van der Waals surface area contributed by atoms with Crippen molar-refractivity contribution in [2.24, 2.45) is 0 Å². The van der Waals surface area contributed by atoms with Gasteiger partial charge in [0.1, 0.15) is 5.82 Å². The number of aromatic amines is 1. The van der Waals surface area contributed by atoms with Crippen LogP contribution >= 0.6 is 11.8 Å². The number of halogens is 1. The second-order valence-corrected chi connectivity index (χ2v) is 8.25. The fourth-order valence-corrected chi connectivity index (χ4v) is 4.49. The van der Waals surface area contributed by atoms with Crippen molar-refractivity contribution in [3.63, 3.8) is 0 Å². The molecule has 0 unspecified atom stereocenters. The van der Waals surface area contributed by atoms with Crippen LogP contribution in [0.25, 0.3) is 0 Å². The molecule has 0 atom stereocenters. The van der Waals surface area contributed by atoms with Gasteiger partial charge in [-0.2, -0.15) is 0 Å². The maximum atomic E-state index is 14.0. The Bertz CT molecular complexity index is 1080. The van der Waals surface area contributed by atoms with E-state index in [1.54, 1.807) is 21.6 Å². The zero-order valence-corrected chi connectivity index (χ0v) is 17.9. The molecule has 0 bridgehead atoms. The van der Waals surface area contributed by atoms with Crippen LogP contribution in [0.2, 0.25) is 0 Å². The molecule has 1 aromatic heterocycles. The van der Waals surface area contributed by atoms with Crippen LogP contribution in [0, 0.1) is 5.82 Å². The number of amides is 1. The lowest BCUT2D eigenvalue weighted by Gasteiger charge is -2.36. The number of nitrogens with one attached hydrogen (secondary N) is 1. The van der Waals surface area contributed by atoms with Crippen LogP contribution in [0.4, 0.5) is 10.1 Å². The van der Waals surface area contributed by atoms with E-state index in [2.05, 4.69) is 10.2 Å². The Morgan fingerprint density at radius 1 is 1.03 bits per heavy atom. The SMILES string of the molecule is O=C(CSc1n[nH]c(=O)n1CCc1ccccc1)N1CCN(c2ccccc2F)CC1. The number of anilines is 1. The van der Waals surface area contributed by atoms with Gasteiger partial charge in [0.05, 0.1) is 11.4 Å². The Morgan fingerprint density at radius 2 is 1.74 bits per heavy atom. The van der Waals surface area contributed by atoms with Crippen LogP contribution in [-0.4, -0.2) is 57.5 Å². The van der Waals surface area contributed by atoms with Gasteiger partial charge < -0.3 is 9.80 Å². The van der Waals surface area contributed by atoms with E-state index in [-0.39, 0.29) is 23.2 Å². The van der Waals surface area contributed by atoms with Crippen molar-refractivity contribution in [3.05, 3.63) is 76.5 Å². The average Bonchev–Trinajstić information content (AvgIpc) is 3.16. The average molecular weight is 442 g/mol. The number of piperazine rings is 1. The summed E-state index contributed by atoms with van der Waals surface area (Å²) in [7, 11) is 0. The number of H-pyrrole nitrogens is 1. The van der Waals surface area contributed by atoms with Crippen LogP contribution in [-0.2, 0) is 17.8 Å². The molecule has 2 aromatic carbocycles. The highest BCUT2D eigenvalue weighted by Gasteiger charge is 2.23. The first-order valence-corrected chi connectivity index (χ1v) is 11.2. The molecule has 9 heteroatoms. The summed E-state index contributed by atoms with van der Waals surface area (Å²) in [5.41, 5.74) is 1.43. The molecule has 0 spiro atoms. The number of hydrogen-bond acceptors (Lipinski definition) is 5. The van der Waals surface area contributed by atoms with Crippen LogP contribution in [0.3, 0.4) is 0 Å². The van der Waals surface area contributed by atoms with Gasteiger partial charge in [-0.25, -0.2) is 14.3 Å². The highest BCUT2D eigenvalue weighted by molar-refractivity contribution is 7.99. The number of rotatable bonds is 7.